The fraction of sp³-hybridized carbons (Fsp3) is 0.176. The highest BCUT2D eigenvalue weighted by Crippen LogP contribution is 2.30. The number of esters is 2. The molecule has 0 radical (unpaired) electrons. The molecule has 0 unspecified atom stereocenters. The van der Waals surface area contributed by atoms with Crippen molar-refractivity contribution in [1.29, 1.82) is 0 Å². The van der Waals surface area contributed by atoms with Crippen LogP contribution in [0.2, 0.25) is 0 Å². The van der Waals surface area contributed by atoms with Gasteiger partial charge in [0, 0.05) is 6.08 Å². The first kappa shape index (κ1) is 19.3. The van der Waals surface area contributed by atoms with Crippen molar-refractivity contribution in [2.75, 3.05) is 14.2 Å². The molecule has 0 bridgehead atoms. The third-order valence-electron chi connectivity index (χ3n) is 3.56. The molecular weight excluding hydrogens is 364 g/mol. The topological polar surface area (TPSA) is 121 Å². The van der Waals surface area contributed by atoms with Crippen LogP contribution >= 0.6 is 0 Å². The summed E-state index contributed by atoms with van der Waals surface area (Å²) in [5, 5.41) is 0. The molecule has 8 nitrogen and oxygen atoms in total. The van der Waals surface area contributed by atoms with Gasteiger partial charge in [0.15, 0.2) is 5.78 Å². The van der Waals surface area contributed by atoms with Gasteiger partial charge in [-0.15, -0.1) is 0 Å². The van der Waals surface area contributed by atoms with Gasteiger partial charge in [-0.2, -0.15) is 0 Å². The van der Waals surface area contributed by atoms with Gasteiger partial charge in [0.1, 0.15) is 16.1 Å². The summed E-state index contributed by atoms with van der Waals surface area (Å²) < 4.78 is 34.8. The Morgan fingerprint density at radius 1 is 1.00 bits per heavy atom. The summed E-state index contributed by atoms with van der Waals surface area (Å²) in [5.74, 6) is -4.93. The summed E-state index contributed by atoms with van der Waals surface area (Å²) in [6, 6.07) is 5.54. The van der Waals surface area contributed by atoms with Crippen LogP contribution in [0, 0.1) is 6.92 Å². The third kappa shape index (κ3) is 3.21. The second-order valence-corrected chi connectivity index (χ2v) is 7.15. The van der Waals surface area contributed by atoms with Crippen LogP contribution in [0.15, 0.2) is 51.3 Å². The molecule has 1 aromatic carbocycles. The van der Waals surface area contributed by atoms with Crippen LogP contribution in [0.4, 0.5) is 0 Å². The average molecular weight is 378 g/mol. The Morgan fingerprint density at radius 2 is 1.62 bits per heavy atom. The lowest BCUT2D eigenvalue weighted by Crippen LogP contribution is -2.32. The van der Waals surface area contributed by atoms with E-state index < -0.39 is 49.4 Å². The van der Waals surface area contributed by atoms with Gasteiger partial charge in [-0.1, -0.05) is 12.1 Å². The van der Waals surface area contributed by atoms with Gasteiger partial charge in [0.2, 0.25) is 15.6 Å². The van der Waals surface area contributed by atoms with Gasteiger partial charge in [-0.25, -0.2) is 18.0 Å². The molecule has 2 rings (SSSR count). The van der Waals surface area contributed by atoms with E-state index in [9.17, 15) is 27.6 Å². The number of ether oxygens (including phenoxy) is 2. The molecule has 9 heteroatoms. The predicted molar refractivity (Wildman–Crippen MR) is 87.5 cm³/mol. The third-order valence-corrected chi connectivity index (χ3v) is 5.36. The van der Waals surface area contributed by atoms with Crippen LogP contribution in [0.25, 0.3) is 0 Å². The van der Waals surface area contributed by atoms with Crippen LogP contribution in [-0.4, -0.2) is 46.1 Å². The Balaban J connectivity index is 2.81. The van der Waals surface area contributed by atoms with Crippen LogP contribution in [-0.2, 0) is 38.5 Å². The standard InChI is InChI=1S/C17H14O8S/c1-9-5-4-6-10(7-9)26(22,23)15-13(17(21)25-3)12(18)8-11(14(15)19)16(20)24-2/h4-8H,1-3H3. The molecule has 0 saturated heterocycles. The fourth-order valence-corrected chi connectivity index (χ4v) is 3.97. The van der Waals surface area contributed by atoms with Crippen LogP contribution < -0.4 is 0 Å². The first-order valence-corrected chi connectivity index (χ1v) is 8.66. The Morgan fingerprint density at radius 3 is 2.15 bits per heavy atom. The van der Waals surface area contributed by atoms with E-state index in [0.717, 1.165) is 14.2 Å². The van der Waals surface area contributed by atoms with E-state index in [1.165, 1.54) is 18.2 Å². The Hall–Kier alpha value is -3.07. The van der Waals surface area contributed by atoms with Crippen LogP contribution in [0.3, 0.4) is 0 Å². The summed E-state index contributed by atoms with van der Waals surface area (Å²) in [5.41, 5.74) is -1.16. The van der Waals surface area contributed by atoms with Gasteiger partial charge in [-0.3, -0.25) is 9.59 Å². The second kappa shape index (κ2) is 7.04. The summed E-state index contributed by atoms with van der Waals surface area (Å²) in [6.45, 7) is 1.63. The molecule has 0 aliphatic heterocycles. The zero-order valence-electron chi connectivity index (χ0n) is 14.1. The number of benzene rings is 1. The minimum Gasteiger partial charge on any atom is -0.465 e. The maximum atomic E-state index is 13.0. The zero-order valence-corrected chi connectivity index (χ0v) is 14.9. The number of methoxy groups -OCH3 is 2. The van der Waals surface area contributed by atoms with Gasteiger partial charge in [0.25, 0.3) is 0 Å². The Kier molecular flexibility index (Phi) is 5.22. The van der Waals surface area contributed by atoms with E-state index in [2.05, 4.69) is 9.47 Å². The number of rotatable bonds is 4. The number of sulfone groups is 1. The highest BCUT2D eigenvalue weighted by Gasteiger charge is 2.43. The van der Waals surface area contributed by atoms with Crippen molar-refractivity contribution in [2.45, 2.75) is 11.8 Å². The molecule has 0 spiro atoms. The minimum atomic E-state index is -4.59. The average Bonchev–Trinajstić information content (AvgIpc) is 2.61. The number of allylic oxidation sites excluding steroid dienone is 2. The minimum absolute atomic E-state index is 0.304. The van der Waals surface area contributed by atoms with E-state index in [1.54, 1.807) is 13.0 Å². The SMILES string of the molecule is COC(=O)C1=CC(=O)C(C(=O)OC)=C(S(=O)(=O)c2cccc(C)c2)C1=O. The molecule has 0 atom stereocenters. The molecule has 0 aromatic heterocycles. The van der Waals surface area contributed by atoms with E-state index >= 15 is 0 Å². The number of Topliss-reactive ketones (excluding diaryl/α,β-unsaturated/α-hetero) is 1. The smallest absolute Gasteiger partial charge is 0.343 e. The highest BCUT2D eigenvalue weighted by atomic mass is 32.2. The molecule has 0 amide bonds. The molecule has 1 aliphatic carbocycles. The zero-order chi connectivity index (χ0) is 19.6. The first-order valence-electron chi connectivity index (χ1n) is 7.18. The lowest BCUT2D eigenvalue weighted by atomic mass is 9.97. The molecule has 26 heavy (non-hydrogen) atoms. The number of hydrogen-bond donors (Lipinski definition) is 0. The van der Waals surface area contributed by atoms with Gasteiger partial charge >= 0.3 is 11.9 Å². The molecule has 0 N–H and O–H groups in total. The number of ketones is 2. The monoisotopic (exact) mass is 378 g/mol. The summed E-state index contributed by atoms with van der Waals surface area (Å²) >= 11 is 0. The van der Waals surface area contributed by atoms with Crippen molar-refractivity contribution in [3.05, 3.63) is 52.0 Å². The lowest BCUT2D eigenvalue weighted by molar-refractivity contribution is -0.140. The molecular formula is C17H14O8S. The summed E-state index contributed by atoms with van der Waals surface area (Å²) in [4.78, 5) is 47.2. The lowest BCUT2D eigenvalue weighted by Gasteiger charge is -2.17. The highest BCUT2D eigenvalue weighted by molar-refractivity contribution is 7.96. The van der Waals surface area contributed by atoms with Crippen molar-refractivity contribution < 1.29 is 37.1 Å². The maximum Gasteiger partial charge on any atom is 0.343 e. The molecule has 1 aliphatic rings. The number of carbonyl (C=O) groups excluding carboxylic acids is 4. The normalized spacial score (nSPS) is 14.8. The van der Waals surface area contributed by atoms with E-state index in [1.807, 2.05) is 0 Å². The van der Waals surface area contributed by atoms with E-state index in [-0.39, 0.29) is 4.90 Å². The Labute approximate surface area is 149 Å². The number of carbonyl (C=O) groups is 4. The summed E-state index contributed by atoms with van der Waals surface area (Å²) in [6.07, 6.45) is 0.565. The quantitative estimate of drug-likeness (QED) is 0.420. The Bertz CT molecular complexity index is 995. The largest absolute Gasteiger partial charge is 0.465 e. The molecule has 136 valence electrons. The first-order chi connectivity index (χ1) is 12.1. The van der Waals surface area contributed by atoms with Gasteiger partial charge < -0.3 is 9.47 Å². The van der Waals surface area contributed by atoms with Crippen molar-refractivity contribution >= 4 is 33.3 Å². The van der Waals surface area contributed by atoms with E-state index in [0.29, 0.717) is 11.6 Å². The summed E-state index contributed by atoms with van der Waals surface area (Å²) in [7, 11) is -2.68. The van der Waals surface area contributed by atoms with Crippen molar-refractivity contribution in [3.63, 3.8) is 0 Å². The number of hydrogen-bond acceptors (Lipinski definition) is 8. The maximum absolute atomic E-state index is 13.0. The fourth-order valence-electron chi connectivity index (χ4n) is 2.33. The van der Waals surface area contributed by atoms with Gasteiger partial charge in [-0.05, 0) is 24.6 Å². The number of aryl methyl sites for hydroxylation is 1. The van der Waals surface area contributed by atoms with Crippen LogP contribution in [0.1, 0.15) is 5.56 Å². The molecule has 0 heterocycles. The van der Waals surface area contributed by atoms with Crippen molar-refractivity contribution in [3.8, 4) is 0 Å². The molecule has 1 aromatic rings. The van der Waals surface area contributed by atoms with Crippen molar-refractivity contribution in [1.82, 2.24) is 0 Å². The van der Waals surface area contributed by atoms with Gasteiger partial charge in [0.05, 0.1) is 19.1 Å². The predicted octanol–water partition coefficient (Wildman–Crippen LogP) is 0.447. The molecule has 0 fully saturated rings. The van der Waals surface area contributed by atoms with Crippen molar-refractivity contribution in [2.24, 2.45) is 0 Å². The van der Waals surface area contributed by atoms with Crippen LogP contribution in [0.5, 0.6) is 0 Å². The van der Waals surface area contributed by atoms with E-state index in [4.69, 9.17) is 0 Å². The second-order valence-electron chi connectivity index (χ2n) is 5.26. The molecule has 0 saturated carbocycles.